The van der Waals surface area contributed by atoms with E-state index in [4.69, 9.17) is 14.5 Å². The smallest absolute Gasteiger partial charge is 0.224 e. The lowest BCUT2D eigenvalue weighted by Crippen LogP contribution is -2.27. The standard InChI is InChI=1S/C20H23N5O2/c1-13(2)11-25-12-15(10-23-25)19-18-14(9-22-19)7-16(8-21)24-20(18)27-17-3-5-26-6-4-17/h7,10,12-13,17H,3-6,9,11H2,1-2H3. The van der Waals surface area contributed by atoms with Crippen molar-refractivity contribution < 1.29 is 9.47 Å². The molecule has 1 saturated heterocycles. The molecule has 0 spiro atoms. The summed E-state index contributed by atoms with van der Waals surface area (Å²) in [5.74, 6) is 1.02. The van der Waals surface area contributed by atoms with E-state index in [1.54, 1.807) is 6.07 Å². The first-order valence-corrected chi connectivity index (χ1v) is 9.40. The highest BCUT2D eigenvalue weighted by molar-refractivity contribution is 6.16. The van der Waals surface area contributed by atoms with E-state index in [1.807, 2.05) is 17.1 Å². The molecule has 0 radical (unpaired) electrons. The van der Waals surface area contributed by atoms with Crippen LogP contribution < -0.4 is 4.74 Å². The number of nitrogens with zero attached hydrogens (tertiary/aromatic N) is 5. The fraction of sp³-hybridized carbons (Fsp3) is 0.500. The Morgan fingerprint density at radius 2 is 2.19 bits per heavy atom. The monoisotopic (exact) mass is 365 g/mol. The van der Waals surface area contributed by atoms with E-state index < -0.39 is 0 Å². The largest absolute Gasteiger partial charge is 0.474 e. The maximum absolute atomic E-state index is 9.33. The predicted molar refractivity (Wildman–Crippen MR) is 99.8 cm³/mol. The number of ether oxygens (including phenoxy) is 2. The Labute approximate surface area is 158 Å². The van der Waals surface area contributed by atoms with Crippen LogP contribution in [-0.2, 0) is 17.8 Å². The van der Waals surface area contributed by atoms with Gasteiger partial charge in [0.05, 0.1) is 37.2 Å². The Morgan fingerprint density at radius 1 is 1.37 bits per heavy atom. The van der Waals surface area contributed by atoms with Crippen molar-refractivity contribution in [2.24, 2.45) is 10.9 Å². The second kappa shape index (κ2) is 7.49. The van der Waals surface area contributed by atoms with Gasteiger partial charge < -0.3 is 9.47 Å². The molecule has 0 N–H and O–H groups in total. The maximum Gasteiger partial charge on any atom is 0.224 e. The normalized spacial score (nSPS) is 16.9. The van der Waals surface area contributed by atoms with E-state index >= 15 is 0 Å². The molecule has 2 aliphatic rings. The molecule has 27 heavy (non-hydrogen) atoms. The first-order chi connectivity index (χ1) is 13.1. The van der Waals surface area contributed by atoms with Gasteiger partial charge in [-0.05, 0) is 17.5 Å². The van der Waals surface area contributed by atoms with Crippen LogP contribution in [0.3, 0.4) is 0 Å². The molecule has 7 heteroatoms. The van der Waals surface area contributed by atoms with E-state index in [2.05, 4.69) is 30.0 Å². The molecule has 1 fully saturated rings. The molecule has 2 aliphatic heterocycles. The quantitative estimate of drug-likeness (QED) is 0.813. The molecule has 4 heterocycles. The summed E-state index contributed by atoms with van der Waals surface area (Å²) in [7, 11) is 0. The first kappa shape index (κ1) is 17.7. The van der Waals surface area contributed by atoms with Crippen molar-refractivity contribution in [3.8, 4) is 11.9 Å². The van der Waals surface area contributed by atoms with Gasteiger partial charge in [0, 0.05) is 31.1 Å². The van der Waals surface area contributed by atoms with Crippen LogP contribution in [0.25, 0.3) is 0 Å². The molecule has 0 atom stereocenters. The van der Waals surface area contributed by atoms with Gasteiger partial charge in [0.15, 0.2) is 0 Å². The number of hydrogen-bond acceptors (Lipinski definition) is 6. The molecule has 0 bridgehead atoms. The molecule has 4 rings (SSSR count). The minimum Gasteiger partial charge on any atom is -0.474 e. The van der Waals surface area contributed by atoms with Crippen LogP contribution in [0.4, 0.5) is 0 Å². The van der Waals surface area contributed by atoms with Crippen LogP contribution in [-0.4, -0.2) is 39.8 Å². The summed E-state index contributed by atoms with van der Waals surface area (Å²) < 4.78 is 13.6. The Hall–Kier alpha value is -2.72. The van der Waals surface area contributed by atoms with Crippen molar-refractivity contribution in [3.05, 3.63) is 40.8 Å². The summed E-state index contributed by atoms with van der Waals surface area (Å²) in [4.78, 5) is 9.16. The zero-order chi connectivity index (χ0) is 18.8. The number of aromatic nitrogens is 3. The summed E-state index contributed by atoms with van der Waals surface area (Å²) in [6.45, 7) is 7.09. The zero-order valence-electron chi connectivity index (χ0n) is 15.7. The Kier molecular flexibility index (Phi) is 4.90. The van der Waals surface area contributed by atoms with E-state index in [1.165, 1.54) is 0 Å². The van der Waals surface area contributed by atoms with Crippen molar-refractivity contribution in [2.75, 3.05) is 13.2 Å². The number of nitriles is 1. The lowest BCUT2D eigenvalue weighted by atomic mass is 10.0. The molecule has 0 unspecified atom stereocenters. The molecule has 2 aromatic rings. The van der Waals surface area contributed by atoms with Crippen LogP contribution in [0.1, 0.15) is 49.1 Å². The highest BCUT2D eigenvalue weighted by atomic mass is 16.5. The molecule has 2 aromatic heterocycles. The zero-order valence-corrected chi connectivity index (χ0v) is 15.7. The van der Waals surface area contributed by atoms with Crippen molar-refractivity contribution >= 4 is 5.71 Å². The third-order valence-corrected chi connectivity index (χ3v) is 4.73. The predicted octanol–water partition coefficient (Wildman–Crippen LogP) is 2.71. The summed E-state index contributed by atoms with van der Waals surface area (Å²) in [6.07, 6.45) is 5.56. The maximum atomic E-state index is 9.33. The summed E-state index contributed by atoms with van der Waals surface area (Å²) in [5.41, 5.74) is 4.04. The minimum atomic E-state index is 0.0507. The second-order valence-corrected chi connectivity index (χ2v) is 7.40. The fourth-order valence-electron chi connectivity index (χ4n) is 3.48. The number of pyridine rings is 1. The highest BCUT2D eigenvalue weighted by Crippen LogP contribution is 2.32. The van der Waals surface area contributed by atoms with Crippen LogP contribution in [0.15, 0.2) is 23.5 Å². The van der Waals surface area contributed by atoms with Gasteiger partial charge in [-0.3, -0.25) is 9.67 Å². The molecule has 7 nitrogen and oxygen atoms in total. The molecule has 0 aliphatic carbocycles. The number of aliphatic imine (C=N–C) groups is 1. The van der Waals surface area contributed by atoms with Crippen LogP contribution in [0.5, 0.6) is 5.88 Å². The van der Waals surface area contributed by atoms with E-state index in [9.17, 15) is 5.26 Å². The van der Waals surface area contributed by atoms with Gasteiger partial charge in [0.2, 0.25) is 5.88 Å². The van der Waals surface area contributed by atoms with Crippen LogP contribution >= 0.6 is 0 Å². The SMILES string of the molecule is CC(C)Cn1cc(C2=NCc3cc(C#N)nc(OC4CCOCC4)c32)cn1. The average molecular weight is 365 g/mol. The molecule has 0 amide bonds. The van der Waals surface area contributed by atoms with Gasteiger partial charge in [-0.15, -0.1) is 0 Å². The van der Waals surface area contributed by atoms with E-state index in [0.717, 1.165) is 41.8 Å². The first-order valence-electron chi connectivity index (χ1n) is 9.40. The molecule has 0 aromatic carbocycles. The fourth-order valence-corrected chi connectivity index (χ4v) is 3.48. The number of hydrogen-bond donors (Lipinski definition) is 0. The van der Waals surface area contributed by atoms with E-state index in [0.29, 0.717) is 37.3 Å². The van der Waals surface area contributed by atoms with Gasteiger partial charge in [0.1, 0.15) is 17.9 Å². The lowest BCUT2D eigenvalue weighted by molar-refractivity contribution is 0.0236. The van der Waals surface area contributed by atoms with Crippen molar-refractivity contribution in [2.45, 2.75) is 45.9 Å². The van der Waals surface area contributed by atoms with E-state index in [-0.39, 0.29) is 6.10 Å². The van der Waals surface area contributed by atoms with Gasteiger partial charge in [-0.2, -0.15) is 10.4 Å². The van der Waals surface area contributed by atoms with Gasteiger partial charge >= 0.3 is 0 Å². The third kappa shape index (κ3) is 3.71. The number of rotatable bonds is 5. The Balaban J connectivity index is 1.67. The summed E-state index contributed by atoms with van der Waals surface area (Å²) >= 11 is 0. The second-order valence-electron chi connectivity index (χ2n) is 7.40. The van der Waals surface area contributed by atoms with Crippen LogP contribution in [0.2, 0.25) is 0 Å². The molecule has 0 saturated carbocycles. The topological polar surface area (TPSA) is 85.3 Å². The highest BCUT2D eigenvalue weighted by Gasteiger charge is 2.27. The molecular formula is C20H23N5O2. The Bertz CT molecular complexity index is 904. The average Bonchev–Trinajstić information content (AvgIpc) is 3.28. The summed E-state index contributed by atoms with van der Waals surface area (Å²) in [5, 5.41) is 13.8. The molecule has 140 valence electrons. The minimum absolute atomic E-state index is 0.0507. The van der Waals surface area contributed by atoms with Crippen molar-refractivity contribution in [1.82, 2.24) is 14.8 Å². The third-order valence-electron chi connectivity index (χ3n) is 4.73. The molecular weight excluding hydrogens is 342 g/mol. The van der Waals surface area contributed by atoms with Crippen molar-refractivity contribution in [3.63, 3.8) is 0 Å². The lowest BCUT2D eigenvalue weighted by Gasteiger charge is -2.24. The number of fused-ring (bicyclic) bond motifs is 1. The van der Waals surface area contributed by atoms with Gasteiger partial charge in [-0.25, -0.2) is 4.98 Å². The van der Waals surface area contributed by atoms with Crippen molar-refractivity contribution in [1.29, 1.82) is 5.26 Å². The van der Waals surface area contributed by atoms with Crippen LogP contribution in [0, 0.1) is 17.2 Å². The van der Waals surface area contributed by atoms with Gasteiger partial charge in [0.25, 0.3) is 0 Å². The summed E-state index contributed by atoms with van der Waals surface area (Å²) in [6, 6.07) is 3.94. The van der Waals surface area contributed by atoms with Gasteiger partial charge in [-0.1, -0.05) is 13.8 Å². The Morgan fingerprint density at radius 3 is 2.93 bits per heavy atom.